The van der Waals surface area contributed by atoms with E-state index in [0.717, 1.165) is 24.2 Å². The number of hydrogen-bond donors (Lipinski definition) is 1. The van der Waals surface area contributed by atoms with Crippen LogP contribution in [0.4, 0.5) is 0 Å². The molecule has 1 aliphatic rings. The molecule has 1 fully saturated rings. The minimum Gasteiger partial charge on any atom is -0.494 e. The molecular weight excluding hydrogens is 328 g/mol. The summed E-state index contributed by atoms with van der Waals surface area (Å²) in [5.74, 6) is 0.652. The first-order valence-electron chi connectivity index (χ1n) is 10.2. The predicted molar refractivity (Wildman–Crippen MR) is 103 cm³/mol. The van der Waals surface area contributed by atoms with Crippen LogP contribution < -0.4 is 4.74 Å². The van der Waals surface area contributed by atoms with Crippen LogP contribution in [0.1, 0.15) is 77.2 Å². The molecule has 1 saturated carbocycles. The zero-order valence-electron chi connectivity index (χ0n) is 16.3. The van der Waals surface area contributed by atoms with Crippen molar-refractivity contribution in [2.75, 3.05) is 13.2 Å². The van der Waals surface area contributed by atoms with Gasteiger partial charge in [-0.1, -0.05) is 44.7 Å². The molecule has 146 valence electrons. The number of aliphatic hydroxyl groups is 1. The van der Waals surface area contributed by atoms with Crippen molar-refractivity contribution in [1.82, 2.24) is 0 Å². The number of carbonyl (C=O) groups excluding carboxylic acids is 1. The maximum absolute atomic E-state index is 12.2. The van der Waals surface area contributed by atoms with Crippen molar-refractivity contribution in [1.29, 1.82) is 0 Å². The Morgan fingerprint density at radius 2 is 1.73 bits per heavy atom. The van der Waals surface area contributed by atoms with Crippen LogP contribution in [-0.4, -0.2) is 24.3 Å². The Kier molecular flexibility index (Phi) is 8.43. The normalized spacial score (nSPS) is 22.8. The Morgan fingerprint density at radius 1 is 1.08 bits per heavy atom. The van der Waals surface area contributed by atoms with Crippen LogP contribution in [0.5, 0.6) is 5.75 Å². The standard InChI is InChI=1S/C22H34O4/c1-3-5-6-7-8-17-26-21(23)18-13-15-22(24,16-14-18)19-9-11-20(12-10-19)25-4-2/h9-12,18,24H,3-8,13-17H2,1-2H3. The summed E-state index contributed by atoms with van der Waals surface area (Å²) in [5.41, 5.74) is 0.0606. The van der Waals surface area contributed by atoms with Crippen molar-refractivity contribution in [3.05, 3.63) is 29.8 Å². The highest BCUT2D eigenvalue weighted by Gasteiger charge is 2.37. The summed E-state index contributed by atoms with van der Waals surface area (Å²) in [6, 6.07) is 7.66. The number of rotatable bonds is 10. The Hall–Kier alpha value is -1.55. The molecule has 2 rings (SSSR count). The molecule has 1 N–H and O–H groups in total. The van der Waals surface area contributed by atoms with E-state index in [0.29, 0.717) is 38.9 Å². The van der Waals surface area contributed by atoms with E-state index < -0.39 is 5.60 Å². The topological polar surface area (TPSA) is 55.8 Å². The Balaban J connectivity index is 1.75. The molecule has 0 heterocycles. The van der Waals surface area contributed by atoms with Gasteiger partial charge >= 0.3 is 5.97 Å². The van der Waals surface area contributed by atoms with Crippen molar-refractivity contribution < 1.29 is 19.4 Å². The van der Waals surface area contributed by atoms with Crippen LogP contribution in [-0.2, 0) is 15.1 Å². The summed E-state index contributed by atoms with van der Waals surface area (Å²) in [7, 11) is 0. The second-order valence-electron chi connectivity index (χ2n) is 7.34. The molecule has 0 bridgehead atoms. The Labute approximate surface area is 157 Å². The minimum atomic E-state index is -0.846. The highest BCUT2D eigenvalue weighted by molar-refractivity contribution is 5.72. The summed E-state index contributed by atoms with van der Waals surface area (Å²) >= 11 is 0. The van der Waals surface area contributed by atoms with Gasteiger partial charge in [0.25, 0.3) is 0 Å². The average Bonchev–Trinajstić information content (AvgIpc) is 2.66. The van der Waals surface area contributed by atoms with Crippen LogP contribution in [0.2, 0.25) is 0 Å². The van der Waals surface area contributed by atoms with Gasteiger partial charge in [0.2, 0.25) is 0 Å². The van der Waals surface area contributed by atoms with Crippen LogP contribution >= 0.6 is 0 Å². The highest BCUT2D eigenvalue weighted by Crippen LogP contribution is 2.40. The van der Waals surface area contributed by atoms with Crippen LogP contribution in [0.15, 0.2) is 24.3 Å². The number of ether oxygens (including phenoxy) is 2. The summed E-state index contributed by atoms with van der Waals surface area (Å²) in [6.45, 7) is 5.30. The number of hydrogen-bond acceptors (Lipinski definition) is 4. The average molecular weight is 363 g/mol. The maximum atomic E-state index is 12.2. The lowest BCUT2D eigenvalue weighted by Gasteiger charge is -2.35. The van der Waals surface area contributed by atoms with Crippen molar-refractivity contribution in [2.45, 2.75) is 77.2 Å². The molecule has 26 heavy (non-hydrogen) atoms. The monoisotopic (exact) mass is 362 g/mol. The zero-order chi connectivity index (χ0) is 18.8. The Morgan fingerprint density at radius 3 is 2.35 bits per heavy atom. The summed E-state index contributed by atoms with van der Waals surface area (Å²) in [4.78, 5) is 12.2. The molecule has 1 aromatic rings. The second kappa shape index (κ2) is 10.6. The number of benzene rings is 1. The number of esters is 1. The molecule has 0 spiro atoms. The lowest BCUT2D eigenvalue weighted by Crippen LogP contribution is -2.34. The van der Waals surface area contributed by atoms with E-state index in [1.54, 1.807) is 0 Å². The van der Waals surface area contributed by atoms with Crippen LogP contribution in [0.3, 0.4) is 0 Å². The molecule has 4 nitrogen and oxygen atoms in total. The van der Waals surface area contributed by atoms with Gasteiger partial charge in [-0.25, -0.2) is 0 Å². The lowest BCUT2D eigenvalue weighted by molar-refractivity contribution is -0.152. The van der Waals surface area contributed by atoms with E-state index in [9.17, 15) is 9.90 Å². The summed E-state index contributed by atoms with van der Waals surface area (Å²) in [6.07, 6.45) is 8.32. The van der Waals surface area contributed by atoms with Crippen molar-refractivity contribution in [3.63, 3.8) is 0 Å². The molecule has 0 radical (unpaired) electrons. The van der Waals surface area contributed by atoms with Crippen LogP contribution in [0, 0.1) is 5.92 Å². The van der Waals surface area contributed by atoms with Crippen LogP contribution in [0.25, 0.3) is 0 Å². The lowest BCUT2D eigenvalue weighted by atomic mass is 9.75. The molecule has 0 unspecified atom stereocenters. The predicted octanol–water partition coefficient (Wildman–Crippen LogP) is 4.98. The van der Waals surface area contributed by atoms with Crippen molar-refractivity contribution in [3.8, 4) is 5.75 Å². The molecule has 1 aliphatic carbocycles. The SMILES string of the molecule is CCCCCCCOC(=O)C1CCC(O)(c2ccc(OCC)cc2)CC1. The van der Waals surface area contributed by atoms with Gasteiger partial charge in [0.1, 0.15) is 5.75 Å². The third-order valence-electron chi connectivity index (χ3n) is 5.34. The summed E-state index contributed by atoms with van der Waals surface area (Å²) < 4.78 is 10.9. The second-order valence-corrected chi connectivity index (χ2v) is 7.34. The van der Waals surface area contributed by atoms with Gasteiger partial charge in [0.15, 0.2) is 0 Å². The largest absolute Gasteiger partial charge is 0.494 e. The van der Waals surface area contributed by atoms with Gasteiger partial charge in [0, 0.05) is 0 Å². The van der Waals surface area contributed by atoms with E-state index in [4.69, 9.17) is 9.47 Å². The molecule has 0 atom stereocenters. The van der Waals surface area contributed by atoms with Gasteiger partial charge in [-0.3, -0.25) is 4.79 Å². The maximum Gasteiger partial charge on any atom is 0.308 e. The van der Waals surface area contributed by atoms with Gasteiger partial charge < -0.3 is 14.6 Å². The van der Waals surface area contributed by atoms with Crippen molar-refractivity contribution in [2.24, 2.45) is 5.92 Å². The molecule has 0 saturated heterocycles. The molecular formula is C22H34O4. The van der Waals surface area contributed by atoms with E-state index in [-0.39, 0.29) is 11.9 Å². The van der Waals surface area contributed by atoms with E-state index in [2.05, 4.69) is 6.92 Å². The first-order chi connectivity index (χ1) is 12.6. The molecule has 0 aromatic heterocycles. The van der Waals surface area contributed by atoms with Gasteiger partial charge in [-0.15, -0.1) is 0 Å². The quantitative estimate of drug-likeness (QED) is 0.471. The van der Waals surface area contributed by atoms with E-state index in [1.165, 1.54) is 19.3 Å². The summed E-state index contributed by atoms with van der Waals surface area (Å²) in [5, 5.41) is 11.0. The molecule has 0 amide bonds. The fraction of sp³-hybridized carbons (Fsp3) is 0.682. The molecule has 4 heteroatoms. The smallest absolute Gasteiger partial charge is 0.308 e. The van der Waals surface area contributed by atoms with E-state index in [1.807, 2.05) is 31.2 Å². The zero-order valence-corrected chi connectivity index (χ0v) is 16.3. The van der Waals surface area contributed by atoms with Gasteiger partial charge in [-0.05, 0) is 56.7 Å². The third-order valence-corrected chi connectivity index (χ3v) is 5.34. The minimum absolute atomic E-state index is 0.0754. The molecule has 1 aromatic carbocycles. The third kappa shape index (κ3) is 6.01. The van der Waals surface area contributed by atoms with Gasteiger partial charge in [0.05, 0.1) is 24.7 Å². The van der Waals surface area contributed by atoms with E-state index >= 15 is 0 Å². The fourth-order valence-electron chi connectivity index (χ4n) is 3.64. The van der Waals surface area contributed by atoms with Crippen molar-refractivity contribution >= 4 is 5.97 Å². The molecule has 0 aliphatic heterocycles. The first kappa shape index (κ1) is 20.8. The Bertz CT molecular complexity index is 530. The first-order valence-corrected chi connectivity index (χ1v) is 10.2. The highest BCUT2D eigenvalue weighted by atomic mass is 16.5. The number of carbonyl (C=O) groups is 1. The fourth-order valence-corrected chi connectivity index (χ4v) is 3.64. The number of unbranched alkanes of at least 4 members (excludes halogenated alkanes) is 4. The van der Waals surface area contributed by atoms with Gasteiger partial charge in [-0.2, -0.15) is 0 Å².